The van der Waals surface area contributed by atoms with E-state index in [4.69, 9.17) is 24.0 Å². The second-order valence-electron chi connectivity index (χ2n) is 7.15. The van der Waals surface area contributed by atoms with E-state index in [0.717, 1.165) is 28.3 Å². The fourth-order valence-corrected chi connectivity index (χ4v) is 5.00. The van der Waals surface area contributed by atoms with E-state index in [1.807, 2.05) is 37.3 Å². The van der Waals surface area contributed by atoms with E-state index in [1.54, 1.807) is 39.2 Å². The summed E-state index contributed by atoms with van der Waals surface area (Å²) in [5, 5.41) is 7.59. The van der Waals surface area contributed by atoms with Crippen LogP contribution in [-0.4, -0.2) is 49.9 Å². The second-order valence-corrected chi connectivity index (χ2v) is 8.24. The number of nitrogens with zero attached hydrogens (tertiary/aromatic N) is 2. The zero-order valence-corrected chi connectivity index (χ0v) is 19.4. The van der Waals surface area contributed by atoms with Crippen LogP contribution in [0.1, 0.15) is 22.1 Å². The quantitative estimate of drug-likeness (QED) is 0.602. The largest absolute Gasteiger partial charge is 0.497 e. The number of benzene rings is 2. The monoisotopic (exact) mass is 455 g/mol. The van der Waals surface area contributed by atoms with Crippen LogP contribution in [0.2, 0.25) is 0 Å². The van der Waals surface area contributed by atoms with Gasteiger partial charge in [-0.05, 0) is 37.3 Å². The lowest BCUT2D eigenvalue weighted by molar-refractivity contribution is -0.113. The van der Waals surface area contributed by atoms with Gasteiger partial charge in [-0.25, -0.2) is 4.68 Å². The van der Waals surface area contributed by atoms with Crippen LogP contribution in [0.5, 0.6) is 23.0 Å². The molecule has 8 nitrogen and oxygen atoms in total. The first-order valence-electron chi connectivity index (χ1n) is 9.96. The number of thioether (sulfide) groups is 1. The van der Waals surface area contributed by atoms with Crippen molar-refractivity contribution in [3.63, 3.8) is 0 Å². The maximum Gasteiger partial charge on any atom is 0.235 e. The van der Waals surface area contributed by atoms with Crippen LogP contribution in [0.4, 0.5) is 5.82 Å². The van der Waals surface area contributed by atoms with E-state index in [-0.39, 0.29) is 11.2 Å². The lowest BCUT2D eigenvalue weighted by atomic mass is 10.0. The Labute approximate surface area is 190 Å². The van der Waals surface area contributed by atoms with Crippen LogP contribution in [0.3, 0.4) is 0 Å². The molecule has 1 aliphatic heterocycles. The molecule has 0 fully saturated rings. The van der Waals surface area contributed by atoms with Gasteiger partial charge in [-0.15, -0.1) is 11.8 Å². The number of carbonyl (C=O) groups excluding carboxylic acids is 1. The molecule has 0 saturated carbocycles. The number of nitrogens with one attached hydrogen (secondary N) is 1. The van der Waals surface area contributed by atoms with Gasteiger partial charge in [0.1, 0.15) is 17.3 Å². The van der Waals surface area contributed by atoms with Crippen LogP contribution < -0.4 is 24.3 Å². The van der Waals surface area contributed by atoms with E-state index in [2.05, 4.69) is 5.32 Å². The summed E-state index contributed by atoms with van der Waals surface area (Å²) in [7, 11) is 6.42. The molecule has 32 heavy (non-hydrogen) atoms. The number of rotatable bonds is 6. The van der Waals surface area contributed by atoms with E-state index >= 15 is 0 Å². The summed E-state index contributed by atoms with van der Waals surface area (Å²) >= 11 is 1.52. The molecule has 1 amide bonds. The summed E-state index contributed by atoms with van der Waals surface area (Å²) in [5.41, 5.74) is 3.43. The summed E-state index contributed by atoms with van der Waals surface area (Å²) < 4.78 is 23.7. The fourth-order valence-electron chi connectivity index (χ4n) is 3.80. The smallest absolute Gasteiger partial charge is 0.235 e. The summed E-state index contributed by atoms with van der Waals surface area (Å²) in [5.74, 6) is 3.41. The molecular formula is C23H25N3O5S. The van der Waals surface area contributed by atoms with Crippen molar-refractivity contribution in [3.05, 3.63) is 53.2 Å². The molecule has 3 aromatic rings. The van der Waals surface area contributed by atoms with Gasteiger partial charge in [0.2, 0.25) is 5.91 Å². The van der Waals surface area contributed by atoms with Crippen LogP contribution >= 0.6 is 11.8 Å². The Morgan fingerprint density at radius 2 is 1.62 bits per heavy atom. The maximum atomic E-state index is 12.6. The molecule has 4 rings (SSSR count). The minimum absolute atomic E-state index is 0.0899. The molecule has 1 aliphatic rings. The van der Waals surface area contributed by atoms with Gasteiger partial charge in [-0.2, -0.15) is 5.10 Å². The number of aryl methyl sites for hydroxylation is 1. The fraction of sp³-hybridized carbons (Fsp3) is 0.304. The van der Waals surface area contributed by atoms with Crippen LogP contribution in [0.25, 0.3) is 5.69 Å². The molecule has 1 unspecified atom stereocenters. The molecule has 0 saturated heterocycles. The number of methoxy groups -OCH3 is 4. The molecule has 2 aromatic carbocycles. The van der Waals surface area contributed by atoms with E-state index in [9.17, 15) is 4.79 Å². The van der Waals surface area contributed by atoms with E-state index in [0.29, 0.717) is 28.8 Å². The standard InChI is InChI=1S/C23H25N3O5S/c1-13-21-22(16-10-18(30-4)19(31-5)11-17(16)29-3)32-12-20(27)24-23(21)26(25-13)14-6-8-15(28-2)9-7-14/h6-11,22H,12H2,1-5H3,(H,24,27). The Morgan fingerprint density at radius 3 is 2.25 bits per heavy atom. The highest BCUT2D eigenvalue weighted by atomic mass is 32.2. The number of aromatic nitrogens is 2. The first-order valence-corrected chi connectivity index (χ1v) is 11.0. The van der Waals surface area contributed by atoms with Gasteiger partial charge in [0.05, 0.1) is 50.8 Å². The third-order valence-corrected chi connectivity index (χ3v) is 6.59. The minimum atomic E-state index is -0.203. The SMILES string of the molecule is COc1ccc(-n2nc(C)c3c2NC(=O)CSC3c2cc(OC)c(OC)cc2OC)cc1. The normalized spacial score (nSPS) is 15.4. The highest BCUT2D eigenvalue weighted by Gasteiger charge is 2.33. The Morgan fingerprint density at radius 1 is 0.969 bits per heavy atom. The Bertz CT molecular complexity index is 1140. The van der Waals surface area contributed by atoms with Crippen molar-refractivity contribution in [1.82, 2.24) is 9.78 Å². The molecule has 0 aliphatic carbocycles. The molecule has 2 heterocycles. The zero-order chi connectivity index (χ0) is 22.8. The maximum absolute atomic E-state index is 12.6. The summed E-state index contributed by atoms with van der Waals surface area (Å²) in [6.45, 7) is 1.94. The molecule has 0 spiro atoms. The number of hydrogen-bond donors (Lipinski definition) is 1. The van der Waals surface area contributed by atoms with Crippen molar-refractivity contribution in [2.24, 2.45) is 0 Å². The predicted molar refractivity (Wildman–Crippen MR) is 124 cm³/mol. The third kappa shape index (κ3) is 3.84. The molecule has 9 heteroatoms. The zero-order valence-electron chi connectivity index (χ0n) is 18.6. The molecule has 1 aromatic heterocycles. The van der Waals surface area contributed by atoms with Gasteiger partial charge in [0, 0.05) is 17.2 Å². The van der Waals surface area contributed by atoms with Crippen molar-refractivity contribution in [2.75, 3.05) is 39.5 Å². The Kier molecular flexibility index (Phi) is 6.18. The van der Waals surface area contributed by atoms with Gasteiger partial charge < -0.3 is 24.3 Å². The van der Waals surface area contributed by atoms with Crippen LogP contribution in [0, 0.1) is 6.92 Å². The summed E-state index contributed by atoms with van der Waals surface area (Å²) in [6, 6.07) is 11.2. The summed E-state index contributed by atoms with van der Waals surface area (Å²) in [6.07, 6.45) is 0. The highest BCUT2D eigenvalue weighted by Crippen LogP contribution is 2.49. The molecule has 168 valence electrons. The molecule has 1 atom stereocenters. The summed E-state index contributed by atoms with van der Waals surface area (Å²) in [4.78, 5) is 12.6. The number of fused-ring (bicyclic) bond motifs is 1. The van der Waals surface area contributed by atoms with Gasteiger partial charge in [-0.1, -0.05) is 0 Å². The lowest BCUT2D eigenvalue weighted by Crippen LogP contribution is -2.15. The predicted octanol–water partition coefficient (Wildman–Crippen LogP) is 3.99. The lowest BCUT2D eigenvalue weighted by Gasteiger charge is -2.20. The van der Waals surface area contributed by atoms with Gasteiger partial charge in [-0.3, -0.25) is 4.79 Å². The van der Waals surface area contributed by atoms with Crippen molar-refractivity contribution in [1.29, 1.82) is 0 Å². The van der Waals surface area contributed by atoms with Crippen molar-refractivity contribution >= 4 is 23.5 Å². The minimum Gasteiger partial charge on any atom is -0.497 e. The van der Waals surface area contributed by atoms with Gasteiger partial charge >= 0.3 is 0 Å². The van der Waals surface area contributed by atoms with Crippen molar-refractivity contribution in [2.45, 2.75) is 12.2 Å². The van der Waals surface area contributed by atoms with Crippen LogP contribution in [0.15, 0.2) is 36.4 Å². The molecule has 0 bridgehead atoms. The van der Waals surface area contributed by atoms with E-state index in [1.165, 1.54) is 11.8 Å². The van der Waals surface area contributed by atoms with Gasteiger partial charge in [0.25, 0.3) is 0 Å². The van der Waals surface area contributed by atoms with Crippen molar-refractivity contribution in [3.8, 4) is 28.7 Å². The van der Waals surface area contributed by atoms with Crippen LogP contribution in [-0.2, 0) is 4.79 Å². The molecular weight excluding hydrogens is 430 g/mol. The number of anilines is 1. The van der Waals surface area contributed by atoms with E-state index < -0.39 is 0 Å². The number of hydrogen-bond acceptors (Lipinski definition) is 7. The first kappa shape index (κ1) is 21.9. The Hall–Kier alpha value is -3.33. The average molecular weight is 456 g/mol. The third-order valence-electron chi connectivity index (χ3n) is 5.34. The Balaban J connectivity index is 1.89. The topological polar surface area (TPSA) is 83.8 Å². The first-order chi connectivity index (χ1) is 15.5. The number of ether oxygens (including phenoxy) is 4. The second kappa shape index (κ2) is 9.04. The molecule has 1 N–H and O–H groups in total. The van der Waals surface area contributed by atoms with Crippen molar-refractivity contribution < 1.29 is 23.7 Å². The number of carbonyl (C=O) groups is 1. The molecule has 0 radical (unpaired) electrons. The van der Waals surface area contributed by atoms with Gasteiger partial charge in [0.15, 0.2) is 11.5 Å². The number of amides is 1. The highest BCUT2D eigenvalue weighted by molar-refractivity contribution is 8.00. The average Bonchev–Trinajstić information content (AvgIpc) is 3.03.